The fraction of sp³-hybridized carbons (Fsp3) is 0.105. The van der Waals surface area contributed by atoms with Gasteiger partial charge in [-0.1, -0.05) is 12.1 Å². The third kappa shape index (κ3) is 2.48. The van der Waals surface area contributed by atoms with Crippen LogP contribution < -0.4 is 4.74 Å². The number of hydrogen-bond donors (Lipinski definition) is 0. The Morgan fingerprint density at radius 3 is 2.52 bits per heavy atom. The molecule has 0 radical (unpaired) electrons. The standard InChI is InChI=1S/C19H15N3O3/c1-24-13-9-7-12(8-10-13)17-11-16(19(23)25-2)20-18-14-5-3-4-6-15(14)21-22(17)18/h3-11H,1-2H3. The predicted molar refractivity (Wildman–Crippen MR) is 93.8 cm³/mol. The van der Waals surface area contributed by atoms with Gasteiger partial charge in [0, 0.05) is 10.9 Å². The number of rotatable bonds is 3. The zero-order valence-corrected chi connectivity index (χ0v) is 13.8. The highest BCUT2D eigenvalue weighted by Gasteiger charge is 2.17. The number of fused-ring (bicyclic) bond motifs is 3. The Morgan fingerprint density at radius 2 is 1.80 bits per heavy atom. The molecule has 0 amide bonds. The van der Waals surface area contributed by atoms with Gasteiger partial charge in [0.1, 0.15) is 5.75 Å². The van der Waals surface area contributed by atoms with Gasteiger partial charge >= 0.3 is 5.97 Å². The summed E-state index contributed by atoms with van der Waals surface area (Å²) < 4.78 is 11.8. The Bertz CT molecular complexity index is 1080. The van der Waals surface area contributed by atoms with E-state index in [0.717, 1.165) is 27.9 Å². The summed E-state index contributed by atoms with van der Waals surface area (Å²) in [6, 6.07) is 16.9. The lowest BCUT2D eigenvalue weighted by molar-refractivity contribution is 0.0594. The number of aromatic nitrogens is 3. The Labute approximate surface area is 143 Å². The van der Waals surface area contributed by atoms with Gasteiger partial charge in [0.25, 0.3) is 0 Å². The molecule has 0 fully saturated rings. The van der Waals surface area contributed by atoms with Crippen LogP contribution >= 0.6 is 0 Å². The van der Waals surface area contributed by atoms with Crippen LogP contribution in [0.25, 0.3) is 27.8 Å². The summed E-state index contributed by atoms with van der Waals surface area (Å²) in [5.41, 5.74) is 3.32. The van der Waals surface area contributed by atoms with E-state index >= 15 is 0 Å². The first-order valence-electron chi connectivity index (χ1n) is 7.72. The van der Waals surface area contributed by atoms with Crippen LogP contribution in [0.4, 0.5) is 0 Å². The molecule has 2 heterocycles. The van der Waals surface area contributed by atoms with Crippen molar-refractivity contribution in [3.8, 4) is 17.0 Å². The van der Waals surface area contributed by atoms with E-state index in [2.05, 4.69) is 10.1 Å². The maximum Gasteiger partial charge on any atom is 0.356 e. The SMILES string of the molecule is COC(=O)c1cc(-c2ccc(OC)cc2)n2nc3ccccc3c2n1. The van der Waals surface area contributed by atoms with Crippen LogP contribution in [-0.4, -0.2) is 34.8 Å². The van der Waals surface area contributed by atoms with Crippen molar-refractivity contribution in [2.45, 2.75) is 0 Å². The quantitative estimate of drug-likeness (QED) is 0.538. The molecule has 0 saturated carbocycles. The molecular weight excluding hydrogens is 318 g/mol. The van der Waals surface area contributed by atoms with E-state index < -0.39 is 5.97 Å². The van der Waals surface area contributed by atoms with Gasteiger partial charge in [-0.25, -0.2) is 14.3 Å². The summed E-state index contributed by atoms with van der Waals surface area (Å²) in [7, 11) is 2.96. The van der Waals surface area contributed by atoms with E-state index in [0.29, 0.717) is 5.65 Å². The molecule has 0 spiro atoms. The predicted octanol–water partition coefficient (Wildman–Crippen LogP) is 3.34. The molecule has 0 saturated heterocycles. The van der Waals surface area contributed by atoms with Crippen LogP contribution in [0.15, 0.2) is 54.6 Å². The third-order valence-corrected chi connectivity index (χ3v) is 4.06. The van der Waals surface area contributed by atoms with Crippen LogP contribution in [-0.2, 0) is 4.74 Å². The molecule has 25 heavy (non-hydrogen) atoms. The molecule has 0 bridgehead atoms. The molecule has 124 valence electrons. The summed E-state index contributed by atoms with van der Waals surface area (Å²) in [5, 5.41) is 5.51. The maximum atomic E-state index is 12.1. The first-order chi connectivity index (χ1) is 12.2. The van der Waals surface area contributed by atoms with Gasteiger partial charge in [-0.2, -0.15) is 5.10 Å². The lowest BCUT2D eigenvalue weighted by Gasteiger charge is -2.08. The van der Waals surface area contributed by atoms with Crippen molar-refractivity contribution in [1.29, 1.82) is 0 Å². The Balaban J connectivity index is 2.04. The van der Waals surface area contributed by atoms with Gasteiger partial charge in [-0.15, -0.1) is 0 Å². The number of hydrogen-bond acceptors (Lipinski definition) is 5. The fourth-order valence-corrected chi connectivity index (χ4v) is 2.81. The minimum atomic E-state index is -0.484. The molecule has 0 aliphatic heterocycles. The van der Waals surface area contributed by atoms with Crippen LogP contribution in [0.3, 0.4) is 0 Å². The van der Waals surface area contributed by atoms with Crippen LogP contribution in [0.5, 0.6) is 5.75 Å². The molecule has 4 aromatic rings. The van der Waals surface area contributed by atoms with Crippen molar-refractivity contribution >= 4 is 22.5 Å². The Hall–Kier alpha value is -3.41. The van der Waals surface area contributed by atoms with Crippen molar-refractivity contribution in [3.63, 3.8) is 0 Å². The zero-order valence-electron chi connectivity index (χ0n) is 13.8. The highest BCUT2D eigenvalue weighted by Crippen LogP contribution is 2.27. The van der Waals surface area contributed by atoms with Gasteiger partial charge in [0.05, 0.1) is 25.4 Å². The maximum absolute atomic E-state index is 12.1. The first-order valence-corrected chi connectivity index (χ1v) is 7.72. The average molecular weight is 333 g/mol. The summed E-state index contributed by atoms with van der Waals surface area (Å²) in [5.74, 6) is 0.274. The molecule has 2 aromatic carbocycles. The lowest BCUT2D eigenvalue weighted by atomic mass is 10.1. The first kappa shape index (κ1) is 15.1. The highest BCUT2D eigenvalue weighted by molar-refractivity contribution is 5.96. The van der Waals surface area contributed by atoms with Crippen molar-refractivity contribution < 1.29 is 14.3 Å². The van der Waals surface area contributed by atoms with Crippen LogP contribution in [0.1, 0.15) is 10.5 Å². The second kappa shape index (κ2) is 5.90. The molecule has 0 atom stereocenters. The largest absolute Gasteiger partial charge is 0.497 e. The minimum absolute atomic E-state index is 0.242. The number of carbonyl (C=O) groups is 1. The average Bonchev–Trinajstić information content (AvgIpc) is 3.05. The second-order valence-electron chi connectivity index (χ2n) is 5.50. The van der Waals surface area contributed by atoms with Crippen LogP contribution in [0, 0.1) is 0 Å². The van der Waals surface area contributed by atoms with Gasteiger partial charge < -0.3 is 9.47 Å². The molecule has 2 aromatic heterocycles. The number of carbonyl (C=O) groups excluding carboxylic acids is 1. The normalized spacial score (nSPS) is 11.0. The number of ether oxygens (including phenoxy) is 2. The smallest absolute Gasteiger partial charge is 0.356 e. The summed E-state index contributed by atoms with van der Waals surface area (Å²) in [4.78, 5) is 16.5. The Morgan fingerprint density at radius 1 is 1.04 bits per heavy atom. The summed E-state index contributed by atoms with van der Waals surface area (Å²) >= 11 is 0. The fourth-order valence-electron chi connectivity index (χ4n) is 2.81. The van der Waals surface area contributed by atoms with E-state index in [-0.39, 0.29) is 5.69 Å². The molecule has 6 nitrogen and oxygen atoms in total. The number of methoxy groups -OCH3 is 2. The van der Waals surface area contributed by atoms with E-state index in [1.54, 1.807) is 17.7 Å². The summed E-state index contributed by atoms with van der Waals surface area (Å²) in [6.45, 7) is 0. The van der Waals surface area contributed by atoms with E-state index in [4.69, 9.17) is 9.47 Å². The van der Waals surface area contributed by atoms with Gasteiger partial charge in [0.2, 0.25) is 0 Å². The monoisotopic (exact) mass is 333 g/mol. The molecule has 6 heteroatoms. The van der Waals surface area contributed by atoms with Crippen molar-refractivity contribution in [3.05, 3.63) is 60.3 Å². The lowest BCUT2D eigenvalue weighted by Crippen LogP contribution is -2.07. The van der Waals surface area contributed by atoms with E-state index in [1.807, 2.05) is 48.5 Å². The second-order valence-corrected chi connectivity index (χ2v) is 5.50. The van der Waals surface area contributed by atoms with Gasteiger partial charge in [0.15, 0.2) is 11.3 Å². The van der Waals surface area contributed by atoms with Crippen molar-refractivity contribution in [2.75, 3.05) is 14.2 Å². The van der Waals surface area contributed by atoms with E-state index in [9.17, 15) is 4.79 Å². The molecule has 0 N–H and O–H groups in total. The van der Waals surface area contributed by atoms with Crippen LogP contribution in [0.2, 0.25) is 0 Å². The topological polar surface area (TPSA) is 65.7 Å². The van der Waals surface area contributed by atoms with Crippen molar-refractivity contribution in [1.82, 2.24) is 14.6 Å². The highest BCUT2D eigenvalue weighted by atomic mass is 16.5. The molecular formula is C19H15N3O3. The molecule has 0 aliphatic rings. The van der Waals surface area contributed by atoms with Gasteiger partial charge in [-0.05, 0) is 42.5 Å². The minimum Gasteiger partial charge on any atom is -0.497 e. The molecule has 0 unspecified atom stereocenters. The van der Waals surface area contributed by atoms with E-state index in [1.165, 1.54) is 7.11 Å². The number of nitrogens with zero attached hydrogens (tertiary/aromatic N) is 3. The molecule has 0 aliphatic carbocycles. The summed E-state index contributed by atoms with van der Waals surface area (Å²) in [6.07, 6.45) is 0. The van der Waals surface area contributed by atoms with Gasteiger partial charge in [-0.3, -0.25) is 0 Å². The third-order valence-electron chi connectivity index (χ3n) is 4.06. The number of esters is 1. The Kier molecular flexibility index (Phi) is 3.57. The zero-order chi connectivity index (χ0) is 17.4. The molecule has 4 rings (SSSR count). The van der Waals surface area contributed by atoms with Crippen molar-refractivity contribution in [2.24, 2.45) is 0 Å². The number of benzene rings is 2.